The number of sulfonamides is 1. The third-order valence-electron chi connectivity index (χ3n) is 4.10. The van der Waals surface area contributed by atoms with Gasteiger partial charge in [-0.15, -0.1) is 0 Å². The molecule has 3 rings (SSSR count). The van der Waals surface area contributed by atoms with Gasteiger partial charge in [0.15, 0.2) is 0 Å². The Bertz CT molecular complexity index is 1010. The van der Waals surface area contributed by atoms with Crippen LogP contribution in [0.1, 0.15) is 11.3 Å². The van der Waals surface area contributed by atoms with Gasteiger partial charge in [-0.05, 0) is 55.3 Å². The molecule has 1 heterocycles. The van der Waals surface area contributed by atoms with Crippen molar-refractivity contribution in [3.8, 4) is 5.75 Å². The smallest absolute Gasteiger partial charge is 0.240 e. The molecule has 0 aliphatic carbocycles. The van der Waals surface area contributed by atoms with Crippen molar-refractivity contribution in [1.82, 2.24) is 9.71 Å². The van der Waals surface area contributed by atoms with Crippen molar-refractivity contribution in [1.29, 1.82) is 0 Å². The van der Waals surface area contributed by atoms with Crippen LogP contribution in [-0.2, 0) is 16.4 Å². The Morgan fingerprint density at radius 2 is 2.00 bits per heavy atom. The van der Waals surface area contributed by atoms with Gasteiger partial charge in [-0.2, -0.15) is 0 Å². The molecule has 2 aromatic carbocycles. The maximum Gasteiger partial charge on any atom is 0.240 e. The SMILES string of the molecule is COc1ccc2[nH]c(C)c(CCNS(=O)(=O)c3cccc(Cl)c3)c2c1. The van der Waals surface area contributed by atoms with E-state index in [1.165, 1.54) is 12.1 Å². The minimum atomic E-state index is -3.58. The van der Waals surface area contributed by atoms with E-state index in [-0.39, 0.29) is 4.90 Å². The summed E-state index contributed by atoms with van der Waals surface area (Å²) >= 11 is 5.87. The second-order valence-corrected chi connectivity index (χ2v) is 7.95. The summed E-state index contributed by atoms with van der Waals surface area (Å²) in [6, 6.07) is 12.0. The van der Waals surface area contributed by atoms with Crippen LogP contribution in [0.3, 0.4) is 0 Å². The number of hydrogen-bond donors (Lipinski definition) is 2. The fourth-order valence-electron chi connectivity index (χ4n) is 2.84. The molecule has 7 heteroatoms. The first-order chi connectivity index (χ1) is 11.9. The van der Waals surface area contributed by atoms with Crippen LogP contribution in [0.25, 0.3) is 10.9 Å². The number of halogens is 1. The third kappa shape index (κ3) is 3.81. The van der Waals surface area contributed by atoms with E-state index in [0.29, 0.717) is 18.0 Å². The summed E-state index contributed by atoms with van der Waals surface area (Å²) in [5.41, 5.74) is 3.10. The van der Waals surface area contributed by atoms with Crippen molar-refractivity contribution in [2.75, 3.05) is 13.7 Å². The summed E-state index contributed by atoms with van der Waals surface area (Å²) in [5, 5.41) is 1.43. The number of nitrogens with one attached hydrogen (secondary N) is 2. The maximum atomic E-state index is 12.4. The summed E-state index contributed by atoms with van der Waals surface area (Å²) in [4.78, 5) is 3.48. The monoisotopic (exact) mass is 378 g/mol. The van der Waals surface area contributed by atoms with Crippen LogP contribution < -0.4 is 9.46 Å². The summed E-state index contributed by atoms with van der Waals surface area (Å²) in [5.74, 6) is 0.771. The van der Waals surface area contributed by atoms with Crippen molar-refractivity contribution in [3.05, 3.63) is 58.7 Å². The Labute approximate surface area is 152 Å². The predicted octanol–water partition coefficient (Wildman–Crippen LogP) is 3.66. The van der Waals surface area contributed by atoms with Gasteiger partial charge in [0.1, 0.15) is 5.75 Å². The molecule has 132 valence electrons. The van der Waals surface area contributed by atoms with Gasteiger partial charge in [-0.1, -0.05) is 17.7 Å². The normalized spacial score (nSPS) is 11.8. The lowest BCUT2D eigenvalue weighted by molar-refractivity contribution is 0.415. The van der Waals surface area contributed by atoms with E-state index < -0.39 is 10.0 Å². The van der Waals surface area contributed by atoms with Crippen molar-refractivity contribution in [2.24, 2.45) is 0 Å². The largest absolute Gasteiger partial charge is 0.497 e. The number of benzene rings is 2. The molecule has 0 fully saturated rings. The minimum Gasteiger partial charge on any atom is -0.497 e. The van der Waals surface area contributed by atoms with E-state index in [1.54, 1.807) is 19.2 Å². The van der Waals surface area contributed by atoms with Crippen molar-refractivity contribution >= 4 is 32.5 Å². The number of aryl methyl sites for hydroxylation is 1. The number of hydrogen-bond acceptors (Lipinski definition) is 3. The Balaban J connectivity index is 1.78. The Hall–Kier alpha value is -2.02. The van der Waals surface area contributed by atoms with Gasteiger partial charge in [0, 0.05) is 28.2 Å². The number of fused-ring (bicyclic) bond motifs is 1. The number of aromatic amines is 1. The van der Waals surface area contributed by atoms with Crippen LogP contribution in [0.15, 0.2) is 47.4 Å². The molecule has 0 atom stereocenters. The van der Waals surface area contributed by atoms with Crippen molar-refractivity contribution < 1.29 is 13.2 Å². The minimum absolute atomic E-state index is 0.164. The number of methoxy groups -OCH3 is 1. The number of H-pyrrole nitrogens is 1. The topological polar surface area (TPSA) is 71.2 Å². The molecule has 0 aliphatic rings. The van der Waals surface area contributed by atoms with Gasteiger partial charge in [-0.3, -0.25) is 0 Å². The lowest BCUT2D eigenvalue weighted by atomic mass is 10.1. The van der Waals surface area contributed by atoms with Crippen LogP contribution in [0.4, 0.5) is 0 Å². The first-order valence-corrected chi connectivity index (χ1v) is 9.67. The highest BCUT2D eigenvalue weighted by atomic mass is 35.5. The van der Waals surface area contributed by atoms with E-state index in [0.717, 1.165) is 27.9 Å². The Morgan fingerprint density at radius 3 is 2.72 bits per heavy atom. The standard InChI is InChI=1S/C18H19ClN2O3S/c1-12-16(17-11-14(24-2)6-7-18(17)21-12)8-9-20-25(22,23)15-5-3-4-13(19)10-15/h3-7,10-11,20-21H,8-9H2,1-2H3. The van der Waals surface area contributed by atoms with E-state index >= 15 is 0 Å². The van der Waals surface area contributed by atoms with E-state index in [2.05, 4.69) is 9.71 Å². The lowest BCUT2D eigenvalue weighted by Crippen LogP contribution is -2.26. The second kappa shape index (κ2) is 7.07. The van der Waals surface area contributed by atoms with Gasteiger partial charge >= 0.3 is 0 Å². The van der Waals surface area contributed by atoms with Crippen LogP contribution in [0.2, 0.25) is 5.02 Å². The molecule has 0 radical (unpaired) electrons. The molecular formula is C18H19ClN2O3S. The first kappa shape index (κ1) is 17.8. The van der Waals surface area contributed by atoms with Crippen molar-refractivity contribution in [2.45, 2.75) is 18.2 Å². The predicted molar refractivity (Wildman–Crippen MR) is 99.9 cm³/mol. The van der Waals surface area contributed by atoms with Crippen LogP contribution in [0.5, 0.6) is 5.75 Å². The number of aromatic nitrogens is 1. The van der Waals surface area contributed by atoms with Crippen LogP contribution in [0, 0.1) is 6.92 Å². The molecule has 0 amide bonds. The molecule has 3 aromatic rings. The molecular weight excluding hydrogens is 360 g/mol. The molecule has 5 nitrogen and oxygen atoms in total. The quantitative estimate of drug-likeness (QED) is 0.687. The summed E-state index contributed by atoms with van der Waals surface area (Å²) in [7, 11) is -1.96. The van der Waals surface area contributed by atoms with Crippen molar-refractivity contribution in [3.63, 3.8) is 0 Å². The summed E-state index contributed by atoms with van der Waals surface area (Å²) in [6.45, 7) is 2.27. The maximum absolute atomic E-state index is 12.4. The average molecular weight is 379 g/mol. The summed E-state index contributed by atoms with van der Waals surface area (Å²) < 4.78 is 32.6. The first-order valence-electron chi connectivity index (χ1n) is 7.81. The third-order valence-corrected chi connectivity index (χ3v) is 5.79. The zero-order valence-electron chi connectivity index (χ0n) is 14.0. The Morgan fingerprint density at radius 1 is 1.20 bits per heavy atom. The second-order valence-electron chi connectivity index (χ2n) is 5.75. The van der Waals surface area contributed by atoms with Gasteiger partial charge in [0.25, 0.3) is 0 Å². The van der Waals surface area contributed by atoms with Gasteiger partial charge in [0.05, 0.1) is 12.0 Å². The van der Waals surface area contributed by atoms with Crippen LogP contribution in [-0.4, -0.2) is 27.1 Å². The average Bonchev–Trinajstić information content (AvgIpc) is 2.89. The molecule has 0 unspecified atom stereocenters. The zero-order valence-corrected chi connectivity index (χ0v) is 15.5. The molecule has 1 aromatic heterocycles. The van der Waals surface area contributed by atoms with Crippen LogP contribution >= 0.6 is 11.6 Å². The van der Waals surface area contributed by atoms with E-state index in [9.17, 15) is 8.42 Å². The summed E-state index contributed by atoms with van der Waals surface area (Å²) in [6.07, 6.45) is 0.568. The molecule has 0 saturated heterocycles. The molecule has 0 spiro atoms. The number of ether oxygens (including phenoxy) is 1. The highest BCUT2D eigenvalue weighted by molar-refractivity contribution is 7.89. The van der Waals surface area contributed by atoms with Gasteiger partial charge in [-0.25, -0.2) is 13.1 Å². The molecule has 0 saturated carbocycles. The van der Waals surface area contributed by atoms with E-state index in [1.807, 2.05) is 25.1 Å². The highest BCUT2D eigenvalue weighted by Gasteiger charge is 2.15. The fourth-order valence-corrected chi connectivity index (χ4v) is 4.17. The highest BCUT2D eigenvalue weighted by Crippen LogP contribution is 2.26. The van der Waals surface area contributed by atoms with E-state index in [4.69, 9.17) is 16.3 Å². The molecule has 2 N–H and O–H groups in total. The molecule has 25 heavy (non-hydrogen) atoms. The Kier molecular flexibility index (Phi) is 5.03. The van der Waals surface area contributed by atoms with Gasteiger partial charge in [0.2, 0.25) is 10.0 Å². The van der Waals surface area contributed by atoms with Gasteiger partial charge < -0.3 is 9.72 Å². The number of rotatable bonds is 6. The fraction of sp³-hybridized carbons (Fsp3) is 0.222. The molecule has 0 aliphatic heterocycles. The lowest BCUT2D eigenvalue weighted by Gasteiger charge is -2.08. The zero-order chi connectivity index (χ0) is 18.0. The molecule has 0 bridgehead atoms.